The first kappa shape index (κ1) is 49.4. The number of rotatable bonds is 10. The van der Waals surface area contributed by atoms with E-state index in [1.165, 1.54) is 11.5 Å². The minimum atomic E-state index is -1.00. The Hall–Kier alpha value is -5.58. The molecule has 1 aromatic heterocycles. The van der Waals surface area contributed by atoms with Gasteiger partial charge in [-0.3, -0.25) is 19.1 Å². The number of hydrogen-bond donors (Lipinski definition) is 1. The molecule has 4 aliphatic heterocycles. The number of para-hydroxylation sites is 1. The monoisotopic (exact) mass is 892 g/mol. The fourth-order valence-electron chi connectivity index (χ4n) is 8.76. The molecule has 1 N–H and O–H groups in total. The second-order valence-electron chi connectivity index (χ2n) is 17.3. The first-order valence-electron chi connectivity index (χ1n) is 22.4. The van der Waals surface area contributed by atoms with Crippen molar-refractivity contribution in [1.29, 1.82) is 0 Å². The second-order valence-corrected chi connectivity index (χ2v) is 17.3. The molecule has 5 heterocycles. The van der Waals surface area contributed by atoms with Crippen molar-refractivity contribution in [1.82, 2.24) is 24.2 Å². The molecule has 4 amide bonds. The van der Waals surface area contributed by atoms with Gasteiger partial charge in [-0.15, -0.1) is 0 Å². The minimum absolute atomic E-state index is 0. The molecule has 352 valence electrons. The molecule has 3 fully saturated rings. The molecule has 4 aliphatic rings. The van der Waals surface area contributed by atoms with E-state index >= 15 is 0 Å². The van der Waals surface area contributed by atoms with Crippen molar-refractivity contribution in [3.63, 3.8) is 0 Å². The van der Waals surface area contributed by atoms with Crippen LogP contribution in [0.15, 0.2) is 45.6 Å². The Morgan fingerprint density at radius 2 is 1.48 bits per heavy atom. The highest BCUT2D eigenvalue weighted by molar-refractivity contribution is 5.91. The lowest BCUT2D eigenvalue weighted by Gasteiger charge is -2.38. The zero-order valence-corrected chi connectivity index (χ0v) is 37.6. The number of hydrogen-bond acceptors (Lipinski definition) is 12. The summed E-state index contributed by atoms with van der Waals surface area (Å²) < 4.78 is 27.2. The quantitative estimate of drug-likeness (QED) is 0.129. The third kappa shape index (κ3) is 13.0. The van der Waals surface area contributed by atoms with E-state index in [0.717, 1.165) is 73.5 Å². The van der Waals surface area contributed by atoms with Crippen LogP contribution in [0.4, 0.5) is 20.1 Å². The van der Waals surface area contributed by atoms with Crippen molar-refractivity contribution in [3.8, 4) is 0 Å². The molecule has 0 bridgehead atoms. The van der Waals surface area contributed by atoms with E-state index in [1.54, 1.807) is 29.8 Å². The maximum absolute atomic E-state index is 13.8. The van der Waals surface area contributed by atoms with Crippen LogP contribution in [-0.2, 0) is 48.4 Å². The molecule has 3 saturated heterocycles. The molecular weight excluding hydrogens is 825 g/mol. The third-order valence-electron chi connectivity index (χ3n) is 12.5. The molecule has 17 nitrogen and oxygen atoms in total. The summed E-state index contributed by atoms with van der Waals surface area (Å²) in [4.78, 5) is 82.4. The zero-order chi connectivity index (χ0) is 45.2. The van der Waals surface area contributed by atoms with Crippen molar-refractivity contribution in [3.05, 3.63) is 63.6 Å². The molecule has 2 aromatic carbocycles. The number of piperidine rings is 3. The van der Waals surface area contributed by atoms with Crippen molar-refractivity contribution < 1.29 is 47.3 Å². The van der Waals surface area contributed by atoms with Gasteiger partial charge in [-0.1, -0.05) is 45.5 Å². The number of nitrogens with zero attached hydrogens (tertiary/aromatic N) is 5. The topological polar surface area (TPSA) is 182 Å². The lowest BCUT2D eigenvalue weighted by atomic mass is 9.98. The van der Waals surface area contributed by atoms with Gasteiger partial charge in [0.05, 0.1) is 18.7 Å². The summed E-state index contributed by atoms with van der Waals surface area (Å²) in [5.41, 5.74) is 4.72. The number of carbonyl (C=O) groups excluding carboxylic acids is 5. The molecular formula is C47H68N6O11. The van der Waals surface area contributed by atoms with Gasteiger partial charge in [0.25, 0.3) is 5.91 Å². The van der Waals surface area contributed by atoms with Crippen LogP contribution in [-0.4, -0.2) is 132 Å². The van der Waals surface area contributed by atoms with Crippen molar-refractivity contribution in [2.45, 2.75) is 112 Å². The van der Waals surface area contributed by atoms with E-state index in [9.17, 15) is 28.8 Å². The number of nitrogens with one attached hydrogen (secondary N) is 1. The summed E-state index contributed by atoms with van der Waals surface area (Å²) in [6.07, 6.45) is 2.96. The van der Waals surface area contributed by atoms with Gasteiger partial charge in [0.15, 0.2) is 11.7 Å². The molecule has 64 heavy (non-hydrogen) atoms. The minimum Gasteiger partial charge on any atom is -0.436 e. The van der Waals surface area contributed by atoms with Gasteiger partial charge in [0, 0.05) is 64.8 Å². The maximum atomic E-state index is 13.8. The van der Waals surface area contributed by atoms with Gasteiger partial charge in [0.1, 0.15) is 0 Å². The summed E-state index contributed by atoms with van der Waals surface area (Å²) in [6, 6.07) is 11.4. The number of aromatic nitrogens is 1. The predicted octanol–water partition coefficient (Wildman–Crippen LogP) is 6.72. The summed E-state index contributed by atoms with van der Waals surface area (Å²) in [5.74, 6) is 0.234. The summed E-state index contributed by atoms with van der Waals surface area (Å²) >= 11 is 0. The summed E-state index contributed by atoms with van der Waals surface area (Å²) in [6.45, 7) is 14.5. The van der Waals surface area contributed by atoms with Crippen molar-refractivity contribution in [2.75, 3.05) is 64.3 Å². The lowest BCUT2D eigenvalue weighted by molar-refractivity contribution is -0.169. The van der Waals surface area contributed by atoms with Crippen molar-refractivity contribution >= 4 is 46.9 Å². The van der Waals surface area contributed by atoms with Crippen LogP contribution in [0.25, 0.3) is 11.1 Å². The largest absolute Gasteiger partial charge is 0.511 e. The summed E-state index contributed by atoms with van der Waals surface area (Å²) in [7, 11) is 1.66. The normalized spacial score (nSPS) is 18.6. The number of benzene rings is 2. The average molecular weight is 893 g/mol. The van der Waals surface area contributed by atoms with Gasteiger partial charge in [-0.25, -0.2) is 19.2 Å². The van der Waals surface area contributed by atoms with Crippen LogP contribution < -0.4 is 11.1 Å². The third-order valence-corrected chi connectivity index (χ3v) is 12.5. The fourth-order valence-corrected chi connectivity index (χ4v) is 8.76. The van der Waals surface area contributed by atoms with E-state index in [-0.39, 0.29) is 50.9 Å². The Kier molecular flexibility index (Phi) is 17.7. The van der Waals surface area contributed by atoms with E-state index in [1.807, 2.05) is 42.2 Å². The van der Waals surface area contributed by atoms with Crippen LogP contribution in [0.5, 0.6) is 0 Å². The number of urea groups is 1. The van der Waals surface area contributed by atoms with Crippen LogP contribution >= 0.6 is 0 Å². The number of esters is 1. The molecule has 7 rings (SSSR count). The van der Waals surface area contributed by atoms with Gasteiger partial charge in [-0.05, 0) is 113 Å². The van der Waals surface area contributed by atoms with Gasteiger partial charge in [0.2, 0.25) is 6.29 Å². The molecule has 0 radical (unpaired) electrons. The molecule has 0 aliphatic carbocycles. The molecule has 3 aromatic rings. The van der Waals surface area contributed by atoms with E-state index in [4.69, 9.17) is 18.6 Å². The van der Waals surface area contributed by atoms with Gasteiger partial charge >= 0.3 is 30.0 Å². The SMILES string of the molecule is C.CCOC(=O)OC(C)OC(=O)CN1CCC(C)CC1.Cc1cc(C[C@@H](OC(=O)N2CCC(N3CCc4ccccc4NC3=O)CC2)C(=O)N2CCC(C)CC2)cc2oc(=O)n(C)c12. The predicted molar refractivity (Wildman–Crippen MR) is 241 cm³/mol. The molecule has 1 unspecified atom stereocenters. The molecule has 2 atom stereocenters. The van der Waals surface area contributed by atoms with Gasteiger partial charge in [-0.2, -0.15) is 0 Å². The van der Waals surface area contributed by atoms with Crippen molar-refractivity contribution in [2.24, 2.45) is 18.9 Å². The van der Waals surface area contributed by atoms with Crippen LogP contribution in [0.2, 0.25) is 0 Å². The molecule has 0 spiro atoms. The lowest BCUT2D eigenvalue weighted by Crippen LogP contribution is -2.51. The Labute approximate surface area is 376 Å². The first-order valence-corrected chi connectivity index (χ1v) is 22.4. The highest BCUT2D eigenvalue weighted by Gasteiger charge is 2.35. The number of fused-ring (bicyclic) bond motifs is 2. The highest BCUT2D eigenvalue weighted by Crippen LogP contribution is 2.27. The Morgan fingerprint density at radius 1 is 0.844 bits per heavy atom. The highest BCUT2D eigenvalue weighted by atomic mass is 16.8. The van der Waals surface area contributed by atoms with E-state index < -0.39 is 30.4 Å². The fraction of sp³-hybridized carbons (Fsp3) is 0.617. The number of aryl methyl sites for hydroxylation is 2. The number of ether oxygens (including phenoxy) is 4. The maximum Gasteiger partial charge on any atom is 0.511 e. The standard InChI is InChI=1S/C33H41N5O6.C13H23NO5.CH4/c1-21-8-13-36(14-9-21)30(39)28(20-23-18-22(2)29-27(19-23)43-32(41)35(29)3)44-33(42)37-15-11-25(12-16-37)38-17-10-24-6-4-5-7-26(24)34-31(38)40;1-4-17-13(16)19-11(3)18-12(15)9-14-7-5-10(2)6-8-14;/h4-7,18-19,21,25,28H,8-17,20H2,1-3H3,(H,34,40);10-11H,4-9H2,1-3H3;1H4/t28-;;/m1../s1. The van der Waals surface area contributed by atoms with Crippen LogP contribution in [0.1, 0.15) is 90.3 Å². The van der Waals surface area contributed by atoms with E-state index in [0.29, 0.717) is 62.6 Å². The van der Waals surface area contributed by atoms with Crippen LogP contribution in [0.3, 0.4) is 0 Å². The van der Waals surface area contributed by atoms with Gasteiger partial charge < -0.3 is 43.4 Å². The zero-order valence-electron chi connectivity index (χ0n) is 37.6. The number of amides is 4. The number of anilines is 1. The number of oxazole rings is 1. The van der Waals surface area contributed by atoms with E-state index in [2.05, 4.69) is 28.8 Å². The Balaban J connectivity index is 0.000000326. The molecule has 17 heteroatoms. The van der Waals surface area contributed by atoms with Crippen LogP contribution in [0, 0.1) is 18.8 Å². The first-order chi connectivity index (χ1) is 30.2. The Morgan fingerprint density at radius 3 is 2.16 bits per heavy atom. The smallest absolute Gasteiger partial charge is 0.436 e. The Bertz CT molecular complexity index is 2130. The average Bonchev–Trinajstić information content (AvgIpc) is 3.43. The second kappa shape index (κ2) is 22.9. The summed E-state index contributed by atoms with van der Waals surface area (Å²) in [5, 5.41) is 3.03. The number of likely N-dealkylation sites (tertiary alicyclic amines) is 3. The molecule has 0 saturated carbocycles. The number of carbonyl (C=O) groups is 5.